The van der Waals surface area contributed by atoms with Crippen LogP contribution in [0.3, 0.4) is 0 Å². The van der Waals surface area contributed by atoms with Crippen molar-refractivity contribution >= 4 is 29.1 Å². The van der Waals surface area contributed by atoms with E-state index in [0.29, 0.717) is 5.69 Å². The first-order valence-corrected chi connectivity index (χ1v) is 6.40. The molecule has 0 radical (unpaired) electrons. The average molecular weight is 333 g/mol. The highest BCUT2D eigenvalue weighted by Crippen LogP contribution is 2.32. The molecule has 0 aliphatic rings. The van der Waals surface area contributed by atoms with Crippen molar-refractivity contribution in [1.29, 1.82) is 0 Å². The minimum atomic E-state index is -3.67. The SMILES string of the molecule is COC(=O)CNC(=O)c1cc2nc(C)cc(C(F)(F)Cl)n2n1. The summed E-state index contributed by atoms with van der Waals surface area (Å²) in [5.74, 6) is -1.38. The molecular formula is C12H11ClF2N4O3. The van der Waals surface area contributed by atoms with Crippen molar-refractivity contribution in [3.63, 3.8) is 0 Å². The van der Waals surface area contributed by atoms with Gasteiger partial charge in [-0.2, -0.15) is 13.9 Å². The number of halogens is 3. The molecule has 7 nitrogen and oxygen atoms in total. The zero-order valence-corrected chi connectivity index (χ0v) is 12.3. The molecule has 0 bridgehead atoms. The first-order valence-electron chi connectivity index (χ1n) is 6.02. The minimum Gasteiger partial charge on any atom is -0.468 e. The second-order valence-corrected chi connectivity index (χ2v) is 4.81. The van der Waals surface area contributed by atoms with Crippen molar-refractivity contribution in [2.45, 2.75) is 12.3 Å². The zero-order chi connectivity index (χ0) is 16.5. The van der Waals surface area contributed by atoms with Crippen LogP contribution in [0, 0.1) is 6.92 Å². The molecule has 0 aromatic carbocycles. The van der Waals surface area contributed by atoms with Gasteiger partial charge in [-0.25, -0.2) is 9.50 Å². The van der Waals surface area contributed by atoms with Crippen molar-refractivity contribution in [2.75, 3.05) is 13.7 Å². The Morgan fingerprint density at radius 1 is 1.45 bits per heavy atom. The Balaban J connectivity index is 2.38. The van der Waals surface area contributed by atoms with E-state index in [4.69, 9.17) is 11.6 Å². The third-order valence-electron chi connectivity index (χ3n) is 2.70. The summed E-state index contributed by atoms with van der Waals surface area (Å²) in [6, 6.07) is 2.29. The summed E-state index contributed by atoms with van der Waals surface area (Å²) in [5, 5.41) is 2.33. The number of hydrogen-bond acceptors (Lipinski definition) is 5. The van der Waals surface area contributed by atoms with Gasteiger partial charge in [0, 0.05) is 11.8 Å². The van der Waals surface area contributed by atoms with Crippen molar-refractivity contribution in [2.24, 2.45) is 0 Å². The second kappa shape index (κ2) is 5.84. The van der Waals surface area contributed by atoms with Gasteiger partial charge in [-0.1, -0.05) is 0 Å². The van der Waals surface area contributed by atoms with Crippen LogP contribution in [0.1, 0.15) is 21.9 Å². The predicted molar refractivity (Wildman–Crippen MR) is 71.8 cm³/mol. The molecule has 10 heteroatoms. The molecule has 22 heavy (non-hydrogen) atoms. The van der Waals surface area contributed by atoms with Gasteiger partial charge in [0.1, 0.15) is 12.2 Å². The van der Waals surface area contributed by atoms with Gasteiger partial charge in [-0.05, 0) is 24.6 Å². The van der Waals surface area contributed by atoms with E-state index in [-0.39, 0.29) is 17.9 Å². The van der Waals surface area contributed by atoms with Gasteiger partial charge in [-0.15, -0.1) is 0 Å². The molecule has 1 amide bonds. The Hall–Kier alpha value is -2.29. The number of fused-ring (bicyclic) bond motifs is 1. The van der Waals surface area contributed by atoms with Gasteiger partial charge < -0.3 is 10.1 Å². The monoisotopic (exact) mass is 332 g/mol. The van der Waals surface area contributed by atoms with Crippen LogP contribution in [0.4, 0.5) is 8.78 Å². The van der Waals surface area contributed by atoms with Crippen LogP contribution in [0.25, 0.3) is 5.65 Å². The second-order valence-electron chi connectivity index (χ2n) is 4.34. The Labute approximate surface area is 128 Å². The number of esters is 1. The van der Waals surface area contributed by atoms with Crippen LogP contribution < -0.4 is 5.32 Å². The maximum absolute atomic E-state index is 13.4. The third kappa shape index (κ3) is 3.30. The molecule has 2 rings (SSSR count). The van der Waals surface area contributed by atoms with Crippen molar-refractivity contribution in [3.05, 3.63) is 29.2 Å². The van der Waals surface area contributed by atoms with Crippen LogP contribution in [0.15, 0.2) is 12.1 Å². The summed E-state index contributed by atoms with van der Waals surface area (Å²) >= 11 is 5.04. The van der Waals surface area contributed by atoms with E-state index in [9.17, 15) is 18.4 Å². The summed E-state index contributed by atoms with van der Waals surface area (Å²) in [4.78, 5) is 26.8. The highest BCUT2D eigenvalue weighted by atomic mass is 35.5. The Bertz CT molecular complexity index is 742. The molecule has 2 heterocycles. The topological polar surface area (TPSA) is 85.6 Å². The molecular weight excluding hydrogens is 322 g/mol. The van der Waals surface area contributed by atoms with Crippen LogP contribution in [-0.4, -0.2) is 40.1 Å². The van der Waals surface area contributed by atoms with Gasteiger partial charge in [-0.3, -0.25) is 9.59 Å². The van der Waals surface area contributed by atoms with Crippen LogP contribution in [-0.2, 0) is 14.9 Å². The molecule has 0 saturated carbocycles. The van der Waals surface area contributed by atoms with E-state index in [1.807, 2.05) is 0 Å². The number of carbonyl (C=O) groups excluding carboxylic acids is 2. The van der Waals surface area contributed by atoms with E-state index >= 15 is 0 Å². The first-order chi connectivity index (χ1) is 10.2. The number of aromatic nitrogens is 3. The van der Waals surface area contributed by atoms with Crippen LogP contribution >= 0.6 is 11.6 Å². The fourth-order valence-electron chi connectivity index (χ4n) is 1.73. The molecule has 0 saturated heterocycles. The minimum absolute atomic E-state index is 0.0403. The molecule has 0 spiro atoms. The Morgan fingerprint density at radius 3 is 2.73 bits per heavy atom. The molecule has 118 valence electrons. The number of rotatable bonds is 4. The highest BCUT2D eigenvalue weighted by Gasteiger charge is 2.32. The highest BCUT2D eigenvalue weighted by molar-refractivity contribution is 6.21. The molecule has 1 N–H and O–H groups in total. The molecule has 0 fully saturated rings. The number of methoxy groups -OCH3 is 1. The molecule has 0 aliphatic heterocycles. The summed E-state index contributed by atoms with van der Waals surface area (Å²) in [6.07, 6.45) is 0. The maximum atomic E-state index is 13.4. The standard InChI is InChI=1S/C12H11ClF2N4O3/c1-6-3-8(12(13,14)15)19-9(17-6)4-7(18-19)11(21)16-5-10(20)22-2/h3-4H,5H2,1-2H3,(H,16,21). The number of amides is 1. The number of alkyl halides is 3. The van der Waals surface area contributed by atoms with Gasteiger partial charge >= 0.3 is 11.4 Å². The van der Waals surface area contributed by atoms with Crippen molar-refractivity contribution in [1.82, 2.24) is 19.9 Å². The molecule has 2 aromatic heterocycles. The van der Waals surface area contributed by atoms with Gasteiger partial charge in [0.05, 0.1) is 7.11 Å². The van der Waals surface area contributed by atoms with Gasteiger partial charge in [0.2, 0.25) is 0 Å². The number of hydrogen-bond donors (Lipinski definition) is 1. The lowest BCUT2D eigenvalue weighted by Crippen LogP contribution is -2.30. The van der Waals surface area contributed by atoms with E-state index in [1.165, 1.54) is 20.1 Å². The first kappa shape index (κ1) is 16.1. The molecule has 2 aromatic rings. The third-order valence-corrected chi connectivity index (χ3v) is 2.89. The quantitative estimate of drug-likeness (QED) is 0.672. The average Bonchev–Trinajstić information content (AvgIpc) is 2.85. The van der Waals surface area contributed by atoms with E-state index in [2.05, 4.69) is 20.1 Å². The van der Waals surface area contributed by atoms with Crippen molar-refractivity contribution < 1.29 is 23.1 Å². The van der Waals surface area contributed by atoms with E-state index in [1.54, 1.807) is 0 Å². The summed E-state index contributed by atoms with van der Waals surface area (Å²) in [6.45, 7) is 1.14. The Kier molecular flexibility index (Phi) is 4.27. The normalized spacial score (nSPS) is 11.5. The van der Waals surface area contributed by atoms with Crippen LogP contribution in [0.2, 0.25) is 0 Å². The summed E-state index contributed by atoms with van der Waals surface area (Å²) < 4.78 is 31.9. The number of ether oxygens (including phenoxy) is 1. The zero-order valence-electron chi connectivity index (χ0n) is 11.6. The van der Waals surface area contributed by atoms with Crippen LogP contribution in [0.5, 0.6) is 0 Å². The number of nitrogens with zero attached hydrogens (tertiary/aromatic N) is 3. The summed E-state index contributed by atoms with van der Waals surface area (Å²) in [7, 11) is 1.17. The lowest BCUT2D eigenvalue weighted by molar-refractivity contribution is -0.139. The lowest BCUT2D eigenvalue weighted by Gasteiger charge is -2.10. The van der Waals surface area contributed by atoms with Gasteiger partial charge in [0.15, 0.2) is 11.3 Å². The largest absolute Gasteiger partial charge is 0.468 e. The fourth-order valence-corrected chi connectivity index (χ4v) is 1.86. The van der Waals surface area contributed by atoms with E-state index < -0.39 is 23.0 Å². The molecule has 0 aliphatic carbocycles. The lowest BCUT2D eigenvalue weighted by atomic mass is 10.3. The maximum Gasteiger partial charge on any atom is 0.364 e. The molecule has 0 atom stereocenters. The smallest absolute Gasteiger partial charge is 0.364 e. The van der Waals surface area contributed by atoms with Crippen molar-refractivity contribution in [3.8, 4) is 0 Å². The fraction of sp³-hybridized carbons (Fsp3) is 0.333. The number of aryl methyl sites for hydroxylation is 1. The summed E-state index contributed by atoms with van der Waals surface area (Å²) in [5.41, 5.74) is -0.448. The van der Waals surface area contributed by atoms with Gasteiger partial charge in [0.25, 0.3) is 5.91 Å². The van der Waals surface area contributed by atoms with E-state index in [0.717, 1.165) is 10.6 Å². The number of carbonyl (C=O) groups is 2. The predicted octanol–water partition coefficient (Wildman–Crippen LogP) is 1.23. The number of nitrogens with one attached hydrogen (secondary N) is 1. The molecule has 0 unspecified atom stereocenters. The Morgan fingerprint density at radius 2 is 2.14 bits per heavy atom.